The van der Waals surface area contributed by atoms with Crippen LogP contribution in [0, 0.1) is 12.8 Å². The Hall–Kier alpha value is -2.29. The number of piperazine rings is 1. The third-order valence-corrected chi connectivity index (χ3v) is 4.91. The second kappa shape index (κ2) is 11.4. The minimum atomic E-state index is -0.487. The first-order valence-electron chi connectivity index (χ1n) is 11.2. The lowest BCUT2D eigenvalue weighted by Gasteiger charge is -2.36. The van der Waals surface area contributed by atoms with Crippen molar-refractivity contribution in [3.8, 4) is 0 Å². The van der Waals surface area contributed by atoms with Gasteiger partial charge in [0.25, 0.3) is 0 Å². The lowest BCUT2D eigenvalue weighted by molar-refractivity contribution is 0.0278. The summed E-state index contributed by atoms with van der Waals surface area (Å²) in [6, 6.07) is 1.99. The van der Waals surface area contributed by atoms with E-state index in [0.717, 1.165) is 56.7 Å². The minimum Gasteiger partial charge on any atom is -0.444 e. The number of carbonyl (C=O) groups excluding carboxylic acids is 1. The third-order valence-electron chi connectivity index (χ3n) is 4.91. The van der Waals surface area contributed by atoms with Gasteiger partial charge in [-0.05, 0) is 40.5 Å². The van der Waals surface area contributed by atoms with E-state index in [1.807, 2.05) is 33.8 Å². The Kier molecular flexibility index (Phi) is 9.15. The Bertz CT molecular complexity index is 719. The van der Waals surface area contributed by atoms with Crippen molar-refractivity contribution in [2.75, 3.05) is 52.9 Å². The summed E-state index contributed by atoms with van der Waals surface area (Å²) in [5.41, 5.74) is 0.494. The molecule has 1 aromatic rings. The van der Waals surface area contributed by atoms with Gasteiger partial charge in [0.05, 0.1) is 5.69 Å². The van der Waals surface area contributed by atoms with Crippen molar-refractivity contribution in [2.45, 2.75) is 53.7 Å². The summed E-state index contributed by atoms with van der Waals surface area (Å²) in [7, 11) is 1.77. The molecule has 9 nitrogen and oxygen atoms in total. The zero-order valence-electron chi connectivity index (χ0n) is 20.3. The second-order valence-corrected chi connectivity index (χ2v) is 9.35. The molecule has 1 aliphatic rings. The van der Waals surface area contributed by atoms with Crippen LogP contribution in [0.2, 0.25) is 0 Å². The SMILES string of the molecule is CCNC(=NCC(C)CN(C)C(=O)OC(C)(C)C)N1CCN(Cc2cc(C)on2)CC1. The van der Waals surface area contributed by atoms with E-state index in [4.69, 9.17) is 14.3 Å². The normalized spacial score (nSPS) is 16.9. The van der Waals surface area contributed by atoms with Crippen LogP contribution in [0.5, 0.6) is 0 Å². The number of nitrogens with zero attached hydrogens (tertiary/aromatic N) is 5. The summed E-state index contributed by atoms with van der Waals surface area (Å²) < 4.78 is 10.6. The molecule has 0 aliphatic carbocycles. The minimum absolute atomic E-state index is 0.225. The maximum absolute atomic E-state index is 12.2. The molecular formula is C22H40N6O3. The predicted octanol–water partition coefficient (Wildman–Crippen LogP) is 2.57. The molecule has 1 N–H and O–H groups in total. The van der Waals surface area contributed by atoms with Crippen molar-refractivity contribution in [3.63, 3.8) is 0 Å². The Morgan fingerprint density at radius 3 is 2.58 bits per heavy atom. The first kappa shape index (κ1) is 25.0. The molecule has 176 valence electrons. The topological polar surface area (TPSA) is 86.4 Å². The van der Waals surface area contributed by atoms with Gasteiger partial charge in [0.15, 0.2) is 5.96 Å². The van der Waals surface area contributed by atoms with Crippen molar-refractivity contribution >= 4 is 12.1 Å². The standard InChI is InChI=1S/C22H40N6O3/c1-8-23-20(24-14-17(2)15-26(7)21(29)30-22(4,5)6)28-11-9-27(10-12-28)16-19-13-18(3)31-25-19/h13,17H,8-12,14-16H2,1-7H3,(H,23,24). The zero-order chi connectivity index (χ0) is 23.0. The lowest BCUT2D eigenvalue weighted by atomic mass is 10.2. The summed E-state index contributed by atoms with van der Waals surface area (Å²) in [5, 5.41) is 7.50. The number of aryl methyl sites for hydroxylation is 1. The van der Waals surface area contributed by atoms with Crippen LogP contribution >= 0.6 is 0 Å². The molecule has 0 radical (unpaired) electrons. The highest BCUT2D eigenvalue weighted by Gasteiger charge is 2.22. The van der Waals surface area contributed by atoms with Crippen LogP contribution in [0.15, 0.2) is 15.6 Å². The van der Waals surface area contributed by atoms with E-state index in [1.165, 1.54) is 0 Å². The average molecular weight is 437 g/mol. The van der Waals surface area contributed by atoms with Crippen molar-refractivity contribution in [1.29, 1.82) is 0 Å². The Morgan fingerprint density at radius 1 is 1.35 bits per heavy atom. The number of nitrogens with one attached hydrogen (secondary N) is 1. The third kappa shape index (κ3) is 8.77. The van der Waals surface area contributed by atoms with Crippen LogP contribution < -0.4 is 5.32 Å². The van der Waals surface area contributed by atoms with Crippen molar-refractivity contribution in [2.24, 2.45) is 10.9 Å². The molecule has 1 fully saturated rings. The molecule has 1 aromatic heterocycles. The molecule has 0 bridgehead atoms. The summed E-state index contributed by atoms with van der Waals surface area (Å²) >= 11 is 0. The molecule has 1 atom stereocenters. The van der Waals surface area contributed by atoms with Gasteiger partial charge < -0.3 is 24.4 Å². The van der Waals surface area contributed by atoms with Crippen LogP contribution in [-0.2, 0) is 11.3 Å². The molecule has 1 saturated heterocycles. The average Bonchev–Trinajstić information content (AvgIpc) is 3.09. The molecule has 0 saturated carbocycles. The molecule has 31 heavy (non-hydrogen) atoms. The fourth-order valence-corrected chi connectivity index (χ4v) is 3.45. The summed E-state index contributed by atoms with van der Waals surface area (Å²) in [6.07, 6.45) is -0.298. The van der Waals surface area contributed by atoms with Crippen LogP contribution in [0.25, 0.3) is 0 Å². The number of hydrogen-bond acceptors (Lipinski definition) is 6. The first-order valence-corrected chi connectivity index (χ1v) is 11.2. The molecule has 1 amide bonds. The highest BCUT2D eigenvalue weighted by atomic mass is 16.6. The van der Waals surface area contributed by atoms with Crippen LogP contribution in [-0.4, -0.2) is 90.4 Å². The molecule has 1 unspecified atom stereocenters. The van der Waals surface area contributed by atoms with E-state index in [-0.39, 0.29) is 12.0 Å². The Labute approximate surface area is 186 Å². The number of hydrogen-bond donors (Lipinski definition) is 1. The number of rotatable bonds is 7. The fourth-order valence-electron chi connectivity index (χ4n) is 3.45. The predicted molar refractivity (Wildman–Crippen MR) is 122 cm³/mol. The van der Waals surface area contributed by atoms with E-state index >= 15 is 0 Å². The molecule has 0 spiro atoms. The van der Waals surface area contributed by atoms with Crippen LogP contribution in [0.1, 0.15) is 46.1 Å². The molecule has 9 heteroatoms. The van der Waals surface area contributed by atoms with E-state index in [0.29, 0.717) is 13.1 Å². The highest BCUT2D eigenvalue weighted by molar-refractivity contribution is 5.80. The largest absolute Gasteiger partial charge is 0.444 e. The summed E-state index contributed by atoms with van der Waals surface area (Å²) in [5.74, 6) is 2.01. The molecular weight excluding hydrogens is 396 g/mol. The van der Waals surface area contributed by atoms with Gasteiger partial charge in [-0.1, -0.05) is 12.1 Å². The van der Waals surface area contributed by atoms with Crippen molar-refractivity contribution in [3.05, 3.63) is 17.5 Å². The van der Waals surface area contributed by atoms with Gasteiger partial charge in [-0.15, -0.1) is 0 Å². The number of aromatic nitrogens is 1. The number of guanidine groups is 1. The van der Waals surface area contributed by atoms with Gasteiger partial charge in [-0.2, -0.15) is 0 Å². The summed E-state index contributed by atoms with van der Waals surface area (Å²) in [4.78, 5) is 23.3. The Balaban J connectivity index is 1.83. The molecule has 2 heterocycles. The Morgan fingerprint density at radius 2 is 2.03 bits per heavy atom. The maximum atomic E-state index is 12.2. The first-order chi connectivity index (χ1) is 14.6. The van der Waals surface area contributed by atoms with Gasteiger partial charge in [0.1, 0.15) is 11.4 Å². The van der Waals surface area contributed by atoms with E-state index in [1.54, 1.807) is 11.9 Å². The smallest absolute Gasteiger partial charge is 0.410 e. The van der Waals surface area contributed by atoms with E-state index < -0.39 is 5.60 Å². The van der Waals surface area contributed by atoms with Gasteiger partial charge in [0, 0.05) is 65.5 Å². The lowest BCUT2D eigenvalue weighted by Crippen LogP contribution is -2.52. The highest BCUT2D eigenvalue weighted by Crippen LogP contribution is 2.12. The molecule has 2 rings (SSSR count). The number of ether oxygens (including phenoxy) is 1. The van der Waals surface area contributed by atoms with E-state index in [9.17, 15) is 4.79 Å². The van der Waals surface area contributed by atoms with Gasteiger partial charge >= 0.3 is 6.09 Å². The van der Waals surface area contributed by atoms with Gasteiger partial charge in [0.2, 0.25) is 0 Å². The molecule has 1 aliphatic heterocycles. The van der Waals surface area contributed by atoms with Crippen LogP contribution in [0.3, 0.4) is 0 Å². The van der Waals surface area contributed by atoms with Gasteiger partial charge in [-0.25, -0.2) is 4.79 Å². The fraction of sp³-hybridized carbons (Fsp3) is 0.773. The van der Waals surface area contributed by atoms with Gasteiger partial charge in [-0.3, -0.25) is 9.89 Å². The second-order valence-electron chi connectivity index (χ2n) is 9.35. The monoisotopic (exact) mass is 436 g/mol. The van der Waals surface area contributed by atoms with Crippen molar-refractivity contribution < 1.29 is 14.1 Å². The zero-order valence-corrected chi connectivity index (χ0v) is 20.3. The summed E-state index contributed by atoms with van der Waals surface area (Å²) in [6.45, 7) is 18.3. The maximum Gasteiger partial charge on any atom is 0.410 e. The van der Waals surface area contributed by atoms with Crippen molar-refractivity contribution in [1.82, 2.24) is 25.2 Å². The number of amides is 1. The number of aliphatic imine (C=N–C) groups is 1. The van der Waals surface area contributed by atoms with E-state index in [2.05, 4.69) is 34.1 Å². The quantitative estimate of drug-likeness (QED) is 0.519. The van der Waals surface area contributed by atoms with Crippen LogP contribution in [0.4, 0.5) is 4.79 Å². The number of carbonyl (C=O) groups is 1. The molecule has 0 aromatic carbocycles.